The molecule has 0 amide bonds. The molecule has 1 aromatic carbocycles. The number of aromatic nitrogens is 2. The molecule has 0 spiro atoms. The van der Waals surface area contributed by atoms with E-state index in [1.54, 1.807) is 17.5 Å². The van der Waals surface area contributed by atoms with Crippen molar-refractivity contribution >= 4 is 33.9 Å². The molecule has 0 unspecified atom stereocenters. The first-order valence-corrected chi connectivity index (χ1v) is 7.87. The van der Waals surface area contributed by atoms with Gasteiger partial charge in [-0.1, -0.05) is 23.7 Å². The first-order valence-electron chi connectivity index (χ1n) is 6.68. The summed E-state index contributed by atoms with van der Waals surface area (Å²) in [4.78, 5) is 10.3. The van der Waals surface area contributed by atoms with Crippen LogP contribution in [0.2, 0.25) is 5.02 Å². The zero-order valence-electron chi connectivity index (χ0n) is 11.4. The van der Waals surface area contributed by atoms with Crippen molar-refractivity contribution in [1.82, 2.24) is 9.97 Å². The summed E-state index contributed by atoms with van der Waals surface area (Å²) in [5, 5.41) is 4.99. The second-order valence-electron chi connectivity index (χ2n) is 5.08. The van der Waals surface area contributed by atoms with Crippen molar-refractivity contribution in [1.29, 1.82) is 0 Å². The lowest BCUT2D eigenvalue weighted by Gasteiger charge is -2.03. The molecule has 21 heavy (non-hydrogen) atoms. The summed E-state index contributed by atoms with van der Waals surface area (Å²) in [5.41, 5.74) is 4.56. The molecule has 1 N–H and O–H groups in total. The fourth-order valence-electron chi connectivity index (χ4n) is 2.57. The van der Waals surface area contributed by atoms with E-state index < -0.39 is 0 Å². The maximum atomic E-state index is 6.25. The van der Waals surface area contributed by atoms with E-state index in [1.807, 2.05) is 31.2 Å². The average Bonchev–Trinajstić information content (AvgIpc) is 2.97. The van der Waals surface area contributed by atoms with Crippen molar-refractivity contribution in [3.63, 3.8) is 0 Å². The van der Waals surface area contributed by atoms with Crippen LogP contribution in [-0.4, -0.2) is 9.97 Å². The Hall–Kier alpha value is -1.91. The highest BCUT2D eigenvalue weighted by atomic mass is 35.5. The van der Waals surface area contributed by atoms with Gasteiger partial charge in [-0.15, -0.1) is 11.3 Å². The van der Waals surface area contributed by atoms with E-state index >= 15 is 0 Å². The monoisotopic (exact) mass is 313 g/mol. The number of anilines is 2. The van der Waals surface area contributed by atoms with E-state index in [2.05, 4.69) is 16.4 Å². The van der Waals surface area contributed by atoms with Gasteiger partial charge in [0.1, 0.15) is 5.82 Å². The van der Waals surface area contributed by atoms with Crippen LogP contribution in [0.15, 0.2) is 36.5 Å². The number of halogens is 1. The molecule has 3 aromatic rings. The van der Waals surface area contributed by atoms with Gasteiger partial charge in [0, 0.05) is 28.1 Å². The number of benzene rings is 1. The van der Waals surface area contributed by atoms with Gasteiger partial charge >= 0.3 is 0 Å². The molecule has 5 heteroatoms. The van der Waals surface area contributed by atoms with Gasteiger partial charge in [-0.2, -0.15) is 0 Å². The smallest absolute Gasteiger partial charge is 0.189 e. The number of pyridine rings is 1. The highest BCUT2D eigenvalue weighted by molar-refractivity contribution is 7.16. The number of hydrogen-bond donors (Lipinski definition) is 1. The Balaban J connectivity index is 1.69. The molecule has 0 saturated heterocycles. The van der Waals surface area contributed by atoms with Crippen molar-refractivity contribution < 1.29 is 0 Å². The van der Waals surface area contributed by atoms with Crippen LogP contribution < -0.4 is 5.32 Å². The Morgan fingerprint density at radius 3 is 3.05 bits per heavy atom. The predicted molar refractivity (Wildman–Crippen MR) is 87.6 cm³/mol. The van der Waals surface area contributed by atoms with Gasteiger partial charge in [0.25, 0.3) is 0 Å². The van der Waals surface area contributed by atoms with E-state index in [9.17, 15) is 0 Å². The van der Waals surface area contributed by atoms with E-state index in [1.165, 1.54) is 16.0 Å². The first kappa shape index (κ1) is 12.8. The minimum atomic E-state index is 0.826. The highest BCUT2D eigenvalue weighted by Crippen LogP contribution is 2.43. The number of fused-ring (bicyclic) bond motifs is 3. The number of thiazole rings is 1. The summed E-state index contributed by atoms with van der Waals surface area (Å²) < 4.78 is 0. The molecular weight excluding hydrogens is 302 g/mol. The van der Waals surface area contributed by atoms with E-state index in [-0.39, 0.29) is 0 Å². The highest BCUT2D eigenvalue weighted by Gasteiger charge is 2.25. The summed E-state index contributed by atoms with van der Waals surface area (Å²) in [5.74, 6) is 0.828. The molecule has 0 fully saturated rings. The van der Waals surface area contributed by atoms with Crippen molar-refractivity contribution in [2.75, 3.05) is 5.32 Å². The molecule has 0 saturated carbocycles. The number of aryl methyl sites for hydroxylation is 1. The fraction of sp³-hybridized carbons (Fsp3) is 0.125. The summed E-state index contributed by atoms with van der Waals surface area (Å²) >= 11 is 7.92. The molecule has 3 nitrogen and oxygen atoms in total. The third-order valence-corrected chi connectivity index (χ3v) is 4.88. The third kappa shape index (κ3) is 2.20. The van der Waals surface area contributed by atoms with Crippen LogP contribution in [0.4, 0.5) is 10.9 Å². The SMILES string of the molecule is Cc1ccnc(Nc2nc3c(s2)Cc2c(Cl)cccc2-3)c1. The molecule has 0 atom stereocenters. The van der Waals surface area contributed by atoms with Crippen molar-refractivity contribution in [2.24, 2.45) is 0 Å². The lowest BCUT2D eigenvalue weighted by atomic mass is 10.1. The topological polar surface area (TPSA) is 37.8 Å². The summed E-state index contributed by atoms with van der Waals surface area (Å²) in [7, 11) is 0. The quantitative estimate of drug-likeness (QED) is 0.577. The van der Waals surface area contributed by atoms with Crippen molar-refractivity contribution in [2.45, 2.75) is 13.3 Å². The van der Waals surface area contributed by atoms with Crippen LogP contribution in [0.3, 0.4) is 0 Å². The van der Waals surface area contributed by atoms with Gasteiger partial charge in [-0.25, -0.2) is 9.97 Å². The van der Waals surface area contributed by atoms with Crippen LogP contribution in [0, 0.1) is 6.92 Å². The Morgan fingerprint density at radius 1 is 1.29 bits per heavy atom. The summed E-state index contributed by atoms with van der Waals surface area (Å²) in [6.45, 7) is 2.05. The molecule has 0 bridgehead atoms. The van der Waals surface area contributed by atoms with E-state index in [4.69, 9.17) is 16.6 Å². The zero-order chi connectivity index (χ0) is 14.4. The predicted octanol–water partition coefficient (Wildman–Crippen LogP) is 4.81. The number of rotatable bonds is 2. The van der Waals surface area contributed by atoms with Crippen LogP contribution in [0.5, 0.6) is 0 Å². The lowest BCUT2D eigenvalue weighted by Crippen LogP contribution is -1.93. The normalized spacial score (nSPS) is 12.1. The minimum absolute atomic E-state index is 0.826. The van der Waals surface area contributed by atoms with Gasteiger partial charge < -0.3 is 5.32 Å². The minimum Gasteiger partial charge on any atom is -0.316 e. The molecule has 4 rings (SSSR count). The van der Waals surface area contributed by atoms with Crippen molar-refractivity contribution in [3.8, 4) is 11.3 Å². The maximum Gasteiger partial charge on any atom is 0.189 e. The first-order chi connectivity index (χ1) is 10.2. The number of nitrogens with zero attached hydrogens (tertiary/aromatic N) is 2. The molecule has 1 aliphatic rings. The Morgan fingerprint density at radius 2 is 2.19 bits per heavy atom. The third-order valence-electron chi connectivity index (χ3n) is 3.56. The Bertz CT molecular complexity index is 841. The van der Waals surface area contributed by atoms with Crippen LogP contribution >= 0.6 is 22.9 Å². The largest absolute Gasteiger partial charge is 0.316 e. The second kappa shape index (κ2) is 4.83. The van der Waals surface area contributed by atoms with Crippen molar-refractivity contribution in [3.05, 3.63) is 57.6 Å². The Kier molecular flexibility index (Phi) is 2.94. The fourth-order valence-corrected chi connectivity index (χ4v) is 3.81. The van der Waals surface area contributed by atoms with E-state index in [0.29, 0.717) is 0 Å². The lowest BCUT2D eigenvalue weighted by molar-refractivity contribution is 1.26. The maximum absolute atomic E-state index is 6.25. The van der Waals surface area contributed by atoms with Gasteiger partial charge in [-0.3, -0.25) is 0 Å². The Labute approximate surface area is 131 Å². The second-order valence-corrected chi connectivity index (χ2v) is 6.57. The molecular formula is C16H12ClN3S. The van der Waals surface area contributed by atoms with Crippen LogP contribution in [0.1, 0.15) is 16.0 Å². The molecule has 2 aromatic heterocycles. The van der Waals surface area contributed by atoms with E-state index in [0.717, 1.165) is 33.7 Å². The molecule has 1 aliphatic carbocycles. The summed E-state index contributed by atoms with van der Waals surface area (Å²) in [6.07, 6.45) is 2.67. The van der Waals surface area contributed by atoms with Gasteiger partial charge in [0.15, 0.2) is 5.13 Å². The van der Waals surface area contributed by atoms with Gasteiger partial charge in [0.05, 0.1) is 5.69 Å². The van der Waals surface area contributed by atoms with Crippen LogP contribution in [0.25, 0.3) is 11.3 Å². The average molecular weight is 314 g/mol. The number of hydrogen-bond acceptors (Lipinski definition) is 4. The molecule has 104 valence electrons. The molecule has 0 aliphatic heterocycles. The van der Waals surface area contributed by atoms with Gasteiger partial charge in [-0.05, 0) is 36.2 Å². The number of nitrogens with one attached hydrogen (secondary N) is 1. The summed E-state index contributed by atoms with van der Waals surface area (Å²) in [6, 6.07) is 9.99. The standard InChI is InChI=1S/C16H12ClN3S/c1-9-5-6-18-14(7-9)19-16-20-15-10-3-2-4-12(17)11(10)8-13(15)21-16/h2-7H,8H2,1H3,(H,18,19,20). The molecule has 0 radical (unpaired) electrons. The molecule has 2 heterocycles. The zero-order valence-corrected chi connectivity index (χ0v) is 12.9. The van der Waals surface area contributed by atoms with Gasteiger partial charge in [0.2, 0.25) is 0 Å². The van der Waals surface area contributed by atoms with Crippen LogP contribution in [-0.2, 0) is 6.42 Å².